The summed E-state index contributed by atoms with van der Waals surface area (Å²) in [5.41, 5.74) is 1.51. The van der Waals surface area contributed by atoms with Gasteiger partial charge in [-0.05, 0) is 37.0 Å². The van der Waals surface area contributed by atoms with Crippen molar-refractivity contribution in [3.8, 4) is 11.1 Å². The molecule has 2 heterocycles. The zero-order valence-corrected chi connectivity index (χ0v) is 19.4. The number of carbonyl (C=O) groups excluding carboxylic acids is 2. The van der Waals surface area contributed by atoms with Crippen molar-refractivity contribution in [2.45, 2.75) is 43.8 Å². The van der Waals surface area contributed by atoms with Crippen molar-refractivity contribution in [1.29, 1.82) is 0 Å². The summed E-state index contributed by atoms with van der Waals surface area (Å²) in [5, 5.41) is 14.3. The third kappa shape index (κ3) is 4.86. The molecule has 0 unspecified atom stereocenters. The minimum Gasteiger partial charge on any atom is -0.465 e. The third-order valence-electron chi connectivity index (χ3n) is 5.06. The molecule has 1 fully saturated rings. The van der Waals surface area contributed by atoms with Gasteiger partial charge in [-0.15, -0.1) is 21.5 Å². The molecule has 32 heavy (non-hydrogen) atoms. The lowest BCUT2D eigenvalue weighted by atomic mass is 10.0. The molecular weight excluding hydrogens is 451 g/mol. The zero-order chi connectivity index (χ0) is 22.7. The average Bonchev–Trinajstić information content (AvgIpc) is 3.43. The van der Waals surface area contributed by atoms with Gasteiger partial charge >= 0.3 is 5.97 Å². The summed E-state index contributed by atoms with van der Waals surface area (Å²) in [6.45, 7) is 2.92. The number of aromatic nitrogens is 3. The van der Waals surface area contributed by atoms with Crippen LogP contribution in [-0.2, 0) is 16.1 Å². The van der Waals surface area contributed by atoms with E-state index in [1.165, 1.54) is 42.3 Å². The Bertz CT molecular complexity index is 1120. The smallest absolute Gasteiger partial charge is 0.341 e. The Labute approximate surface area is 193 Å². The second-order valence-electron chi connectivity index (χ2n) is 7.46. The zero-order valence-electron chi connectivity index (χ0n) is 17.8. The van der Waals surface area contributed by atoms with Crippen molar-refractivity contribution < 1.29 is 18.7 Å². The van der Waals surface area contributed by atoms with Crippen LogP contribution in [0.1, 0.15) is 48.3 Å². The maximum absolute atomic E-state index is 13.3. The standard InChI is InChI=1S/C22H23FN4O3S2/c1-3-10-27-19(14-4-5-14)25-26-22(27)32-12-17(28)24-20-18(21(29)30-2)16(11-31-20)13-6-8-15(23)9-7-13/h6-9,11,14H,3-5,10,12H2,1-2H3,(H,24,28). The maximum Gasteiger partial charge on any atom is 0.341 e. The molecule has 1 aliphatic rings. The molecule has 0 atom stereocenters. The number of thiophene rings is 1. The number of halogens is 1. The third-order valence-corrected chi connectivity index (χ3v) is 6.92. The topological polar surface area (TPSA) is 86.1 Å². The fourth-order valence-electron chi connectivity index (χ4n) is 3.37. The first-order valence-corrected chi connectivity index (χ1v) is 12.2. The molecule has 4 rings (SSSR count). The number of nitrogens with zero attached hydrogens (tertiary/aromatic N) is 3. The van der Waals surface area contributed by atoms with E-state index in [2.05, 4.69) is 27.0 Å². The Hall–Kier alpha value is -2.72. The summed E-state index contributed by atoms with van der Waals surface area (Å²) in [7, 11) is 1.29. The van der Waals surface area contributed by atoms with Crippen molar-refractivity contribution in [2.24, 2.45) is 0 Å². The number of anilines is 1. The van der Waals surface area contributed by atoms with E-state index in [-0.39, 0.29) is 23.0 Å². The molecule has 1 amide bonds. The summed E-state index contributed by atoms with van der Waals surface area (Å²) in [5.74, 6) is 0.435. The monoisotopic (exact) mass is 474 g/mol. The van der Waals surface area contributed by atoms with E-state index in [4.69, 9.17) is 4.74 Å². The van der Waals surface area contributed by atoms with Crippen molar-refractivity contribution >= 4 is 40.0 Å². The SMILES string of the molecule is CCCn1c(SCC(=O)Nc2scc(-c3ccc(F)cc3)c2C(=O)OC)nnc1C1CC1. The predicted molar refractivity (Wildman–Crippen MR) is 123 cm³/mol. The molecule has 2 aromatic heterocycles. The van der Waals surface area contributed by atoms with Crippen LogP contribution < -0.4 is 5.32 Å². The van der Waals surface area contributed by atoms with Crippen LogP contribution in [0.5, 0.6) is 0 Å². The number of carbonyl (C=O) groups is 2. The molecule has 168 valence electrons. The molecule has 1 aromatic carbocycles. The van der Waals surface area contributed by atoms with Crippen molar-refractivity contribution in [3.05, 3.63) is 46.9 Å². The van der Waals surface area contributed by atoms with Gasteiger partial charge in [-0.3, -0.25) is 4.79 Å². The van der Waals surface area contributed by atoms with E-state index < -0.39 is 5.97 Å². The molecule has 0 aliphatic heterocycles. The molecule has 1 aliphatic carbocycles. The molecule has 10 heteroatoms. The quantitative estimate of drug-likeness (QED) is 0.349. The number of rotatable bonds is 9. The van der Waals surface area contributed by atoms with Gasteiger partial charge in [-0.2, -0.15) is 0 Å². The second-order valence-corrected chi connectivity index (χ2v) is 9.28. The molecule has 3 aromatic rings. The van der Waals surface area contributed by atoms with Crippen LogP contribution in [0.15, 0.2) is 34.8 Å². The molecule has 0 spiro atoms. The van der Waals surface area contributed by atoms with Crippen LogP contribution in [0.2, 0.25) is 0 Å². The van der Waals surface area contributed by atoms with E-state index in [1.54, 1.807) is 17.5 Å². The normalized spacial score (nSPS) is 13.2. The first-order chi connectivity index (χ1) is 15.5. The summed E-state index contributed by atoms with van der Waals surface area (Å²) < 4.78 is 20.3. The molecule has 0 radical (unpaired) electrons. The van der Waals surface area contributed by atoms with Gasteiger partial charge in [0.15, 0.2) is 5.16 Å². The Balaban J connectivity index is 1.49. The van der Waals surface area contributed by atoms with Crippen LogP contribution >= 0.6 is 23.1 Å². The van der Waals surface area contributed by atoms with Gasteiger partial charge in [0.05, 0.1) is 12.9 Å². The van der Waals surface area contributed by atoms with Crippen LogP contribution in [0.25, 0.3) is 11.1 Å². The fraction of sp³-hybridized carbons (Fsp3) is 0.364. The van der Waals surface area contributed by atoms with Crippen molar-refractivity contribution in [3.63, 3.8) is 0 Å². The number of thioether (sulfide) groups is 1. The number of methoxy groups -OCH3 is 1. The largest absolute Gasteiger partial charge is 0.465 e. The van der Waals surface area contributed by atoms with Crippen molar-refractivity contribution in [2.75, 3.05) is 18.2 Å². The maximum atomic E-state index is 13.3. The van der Waals surface area contributed by atoms with Gasteiger partial charge < -0.3 is 14.6 Å². The van der Waals surface area contributed by atoms with E-state index in [9.17, 15) is 14.0 Å². The van der Waals surface area contributed by atoms with E-state index in [0.29, 0.717) is 22.0 Å². The number of esters is 1. The van der Waals surface area contributed by atoms with Gasteiger partial charge in [-0.1, -0.05) is 30.8 Å². The molecule has 0 bridgehead atoms. The summed E-state index contributed by atoms with van der Waals surface area (Å²) in [4.78, 5) is 25.1. The Kier molecular flexibility index (Phi) is 6.90. The molecular formula is C22H23FN4O3S2. The summed E-state index contributed by atoms with van der Waals surface area (Å²) in [6.07, 6.45) is 3.23. The van der Waals surface area contributed by atoms with Gasteiger partial charge in [0.25, 0.3) is 0 Å². The Morgan fingerprint density at radius 1 is 1.28 bits per heavy atom. The first-order valence-electron chi connectivity index (χ1n) is 10.3. The van der Waals surface area contributed by atoms with Crippen LogP contribution in [0.3, 0.4) is 0 Å². The van der Waals surface area contributed by atoms with Gasteiger partial charge in [-0.25, -0.2) is 9.18 Å². The minimum atomic E-state index is -0.565. The number of benzene rings is 1. The number of hydrogen-bond donors (Lipinski definition) is 1. The number of nitrogens with one attached hydrogen (secondary N) is 1. The highest BCUT2D eigenvalue weighted by atomic mass is 32.2. The lowest BCUT2D eigenvalue weighted by molar-refractivity contribution is -0.113. The number of amides is 1. The molecule has 7 nitrogen and oxygen atoms in total. The van der Waals surface area contributed by atoms with Gasteiger partial charge in [0.1, 0.15) is 22.2 Å². The van der Waals surface area contributed by atoms with E-state index >= 15 is 0 Å². The van der Waals surface area contributed by atoms with E-state index in [0.717, 1.165) is 36.8 Å². The van der Waals surface area contributed by atoms with Crippen LogP contribution in [0.4, 0.5) is 9.39 Å². The lowest BCUT2D eigenvalue weighted by Gasteiger charge is -2.09. The first kappa shape index (κ1) is 22.5. The van der Waals surface area contributed by atoms with Crippen LogP contribution in [0, 0.1) is 5.82 Å². The van der Waals surface area contributed by atoms with Crippen molar-refractivity contribution in [1.82, 2.24) is 14.8 Å². The number of hydrogen-bond acceptors (Lipinski definition) is 7. The summed E-state index contributed by atoms with van der Waals surface area (Å²) in [6, 6.07) is 5.82. The van der Waals surface area contributed by atoms with Crippen LogP contribution in [-0.4, -0.2) is 39.5 Å². The van der Waals surface area contributed by atoms with Gasteiger partial charge in [0.2, 0.25) is 5.91 Å². The fourth-order valence-corrected chi connectivity index (χ4v) is 5.12. The molecule has 1 saturated carbocycles. The Morgan fingerprint density at radius 3 is 2.69 bits per heavy atom. The highest BCUT2D eigenvalue weighted by molar-refractivity contribution is 7.99. The second kappa shape index (κ2) is 9.83. The average molecular weight is 475 g/mol. The summed E-state index contributed by atoms with van der Waals surface area (Å²) >= 11 is 2.56. The molecule has 0 saturated heterocycles. The predicted octanol–water partition coefficient (Wildman–Crippen LogP) is 4.95. The minimum absolute atomic E-state index is 0.136. The molecule has 1 N–H and O–H groups in total. The Morgan fingerprint density at radius 2 is 2.03 bits per heavy atom. The highest BCUT2D eigenvalue weighted by Gasteiger charge is 2.30. The number of ether oxygens (including phenoxy) is 1. The van der Waals surface area contributed by atoms with Gasteiger partial charge in [0, 0.05) is 23.4 Å². The highest BCUT2D eigenvalue weighted by Crippen LogP contribution is 2.40. The lowest BCUT2D eigenvalue weighted by Crippen LogP contribution is -2.16. The van der Waals surface area contributed by atoms with E-state index in [1.807, 2.05) is 0 Å².